The predicted molar refractivity (Wildman–Crippen MR) is 66.1 cm³/mol. The van der Waals surface area contributed by atoms with Gasteiger partial charge in [-0.15, -0.1) is 10.2 Å². The first-order valence-corrected chi connectivity index (χ1v) is 6.32. The van der Waals surface area contributed by atoms with E-state index in [0.717, 1.165) is 11.8 Å². The van der Waals surface area contributed by atoms with Gasteiger partial charge in [0, 0.05) is 22.8 Å². The van der Waals surface area contributed by atoms with Gasteiger partial charge < -0.3 is 9.21 Å². The van der Waals surface area contributed by atoms with Gasteiger partial charge >= 0.3 is 0 Å². The van der Waals surface area contributed by atoms with Crippen molar-refractivity contribution in [1.82, 2.24) is 10.2 Å². The Bertz CT molecular complexity index is 516. The van der Waals surface area contributed by atoms with Gasteiger partial charge in [-0.1, -0.05) is 29.4 Å². The van der Waals surface area contributed by atoms with Crippen LogP contribution < -0.4 is 0 Å². The minimum Gasteiger partial charge on any atom is -0.411 e. The summed E-state index contributed by atoms with van der Waals surface area (Å²) in [6.07, 6.45) is 1.33. The van der Waals surface area contributed by atoms with E-state index in [1.165, 1.54) is 11.8 Å². The molecule has 4 nitrogen and oxygen atoms in total. The van der Waals surface area contributed by atoms with Crippen molar-refractivity contribution in [2.45, 2.75) is 11.6 Å². The van der Waals surface area contributed by atoms with Crippen LogP contribution in [-0.2, 0) is 4.79 Å². The number of nitrogens with zero attached hydrogens (tertiary/aromatic N) is 2. The van der Waals surface area contributed by atoms with Crippen LogP contribution in [0.15, 0.2) is 33.9 Å². The average Bonchev–Trinajstić information content (AvgIpc) is 2.78. The zero-order valence-corrected chi connectivity index (χ0v) is 10.4. The van der Waals surface area contributed by atoms with E-state index in [0.29, 0.717) is 28.3 Å². The number of carbonyl (C=O) groups is 1. The van der Waals surface area contributed by atoms with Crippen LogP contribution in [0.25, 0.3) is 11.5 Å². The van der Waals surface area contributed by atoms with E-state index in [1.807, 2.05) is 12.1 Å². The molecule has 0 saturated heterocycles. The van der Waals surface area contributed by atoms with Crippen molar-refractivity contribution in [2.24, 2.45) is 0 Å². The fourth-order valence-electron chi connectivity index (χ4n) is 1.20. The molecule has 0 aliphatic rings. The summed E-state index contributed by atoms with van der Waals surface area (Å²) in [4.78, 5) is 10.2. The van der Waals surface area contributed by atoms with E-state index in [9.17, 15) is 4.79 Å². The monoisotopic (exact) mass is 268 g/mol. The van der Waals surface area contributed by atoms with Gasteiger partial charge in [0.1, 0.15) is 6.29 Å². The Morgan fingerprint density at radius 3 is 3.06 bits per heavy atom. The van der Waals surface area contributed by atoms with Gasteiger partial charge in [-0.2, -0.15) is 0 Å². The molecule has 0 spiro atoms. The highest BCUT2D eigenvalue weighted by atomic mass is 35.5. The van der Waals surface area contributed by atoms with E-state index < -0.39 is 0 Å². The number of benzene rings is 1. The van der Waals surface area contributed by atoms with Crippen LogP contribution in [0.1, 0.15) is 6.42 Å². The first-order chi connectivity index (χ1) is 8.29. The summed E-state index contributed by atoms with van der Waals surface area (Å²) in [6.45, 7) is 0. The third-order valence-corrected chi connectivity index (χ3v) is 3.03. The second-order valence-electron chi connectivity index (χ2n) is 3.19. The molecule has 1 heterocycles. The number of aromatic nitrogens is 2. The summed E-state index contributed by atoms with van der Waals surface area (Å²) in [6, 6.07) is 7.20. The molecule has 0 unspecified atom stereocenters. The largest absolute Gasteiger partial charge is 0.411 e. The Hall–Kier alpha value is -1.33. The Kier molecular flexibility index (Phi) is 4.17. The van der Waals surface area contributed by atoms with E-state index >= 15 is 0 Å². The highest BCUT2D eigenvalue weighted by molar-refractivity contribution is 7.99. The number of aldehydes is 1. The summed E-state index contributed by atoms with van der Waals surface area (Å²) >= 11 is 7.23. The molecule has 1 aromatic carbocycles. The zero-order valence-electron chi connectivity index (χ0n) is 8.80. The lowest BCUT2D eigenvalue weighted by Crippen LogP contribution is -1.80. The number of carbonyl (C=O) groups excluding carboxylic acids is 1. The minimum atomic E-state index is 0.432. The summed E-state index contributed by atoms with van der Waals surface area (Å²) in [5, 5.41) is 8.88. The second kappa shape index (κ2) is 5.84. The number of hydrogen-bond acceptors (Lipinski definition) is 5. The van der Waals surface area contributed by atoms with Crippen LogP contribution in [0, 0.1) is 0 Å². The maximum atomic E-state index is 10.2. The molecule has 0 radical (unpaired) electrons. The average molecular weight is 269 g/mol. The summed E-state index contributed by atoms with van der Waals surface area (Å²) < 4.78 is 5.44. The molecule has 0 fully saturated rings. The smallest absolute Gasteiger partial charge is 0.276 e. The molecule has 6 heteroatoms. The maximum absolute atomic E-state index is 10.2. The van der Waals surface area contributed by atoms with E-state index in [1.54, 1.807) is 12.1 Å². The molecule has 0 aliphatic carbocycles. The van der Waals surface area contributed by atoms with Crippen LogP contribution in [0.3, 0.4) is 0 Å². The van der Waals surface area contributed by atoms with Crippen molar-refractivity contribution < 1.29 is 9.21 Å². The van der Waals surface area contributed by atoms with E-state index in [2.05, 4.69) is 10.2 Å². The summed E-state index contributed by atoms with van der Waals surface area (Å²) in [5.74, 6) is 1.07. The number of rotatable bonds is 5. The highest BCUT2D eigenvalue weighted by Crippen LogP contribution is 2.25. The van der Waals surface area contributed by atoms with Crippen LogP contribution in [0.5, 0.6) is 0 Å². The second-order valence-corrected chi connectivity index (χ2v) is 4.67. The fourth-order valence-corrected chi connectivity index (χ4v) is 2.02. The molecule has 0 saturated carbocycles. The summed E-state index contributed by atoms with van der Waals surface area (Å²) in [5.41, 5.74) is 0.784. The lowest BCUT2D eigenvalue weighted by molar-refractivity contribution is -0.107. The highest BCUT2D eigenvalue weighted by Gasteiger charge is 2.08. The molecular formula is C11H9ClN2O2S. The first kappa shape index (κ1) is 12.1. The van der Waals surface area contributed by atoms with E-state index in [-0.39, 0.29) is 0 Å². The van der Waals surface area contributed by atoms with Crippen molar-refractivity contribution in [2.75, 3.05) is 5.75 Å². The Labute approximate surface area is 107 Å². The number of hydrogen-bond donors (Lipinski definition) is 0. The first-order valence-electron chi connectivity index (χ1n) is 4.95. The van der Waals surface area contributed by atoms with E-state index in [4.69, 9.17) is 16.0 Å². The van der Waals surface area contributed by atoms with Gasteiger partial charge in [0.05, 0.1) is 0 Å². The molecule has 2 rings (SSSR count). The summed E-state index contributed by atoms with van der Waals surface area (Å²) in [7, 11) is 0. The molecule has 0 atom stereocenters. The van der Waals surface area contributed by atoms with Crippen LogP contribution in [-0.4, -0.2) is 22.2 Å². The molecule has 0 amide bonds. The van der Waals surface area contributed by atoms with Gasteiger partial charge in [-0.25, -0.2) is 0 Å². The topological polar surface area (TPSA) is 56.0 Å². The van der Waals surface area contributed by atoms with Gasteiger partial charge in [0.2, 0.25) is 5.89 Å². The SMILES string of the molecule is O=CCCSc1nnc(-c2cccc(Cl)c2)o1. The minimum absolute atomic E-state index is 0.432. The predicted octanol–water partition coefficient (Wildman–Crippen LogP) is 3.07. The Morgan fingerprint density at radius 1 is 1.41 bits per heavy atom. The molecule has 88 valence electrons. The lowest BCUT2D eigenvalue weighted by atomic mass is 10.2. The van der Waals surface area contributed by atoms with Crippen molar-refractivity contribution >= 4 is 29.6 Å². The third kappa shape index (κ3) is 3.31. The van der Waals surface area contributed by atoms with Gasteiger partial charge in [-0.05, 0) is 18.2 Å². The quantitative estimate of drug-likeness (QED) is 0.474. The van der Waals surface area contributed by atoms with Gasteiger partial charge in [0.15, 0.2) is 0 Å². The fraction of sp³-hybridized carbons (Fsp3) is 0.182. The molecular weight excluding hydrogens is 260 g/mol. The normalized spacial score (nSPS) is 10.4. The van der Waals surface area contributed by atoms with Crippen molar-refractivity contribution in [3.05, 3.63) is 29.3 Å². The molecule has 17 heavy (non-hydrogen) atoms. The molecule has 0 aliphatic heterocycles. The molecule has 2 aromatic rings. The van der Waals surface area contributed by atoms with Crippen molar-refractivity contribution in [3.63, 3.8) is 0 Å². The third-order valence-electron chi connectivity index (χ3n) is 1.94. The maximum Gasteiger partial charge on any atom is 0.276 e. The Balaban J connectivity index is 2.10. The molecule has 1 aromatic heterocycles. The van der Waals surface area contributed by atoms with Crippen molar-refractivity contribution in [1.29, 1.82) is 0 Å². The Morgan fingerprint density at radius 2 is 2.29 bits per heavy atom. The van der Waals surface area contributed by atoms with Gasteiger partial charge in [0.25, 0.3) is 5.22 Å². The standard InChI is InChI=1S/C11H9ClN2O2S/c12-9-4-1-3-8(7-9)10-13-14-11(16-10)17-6-2-5-15/h1,3-5,7H,2,6H2. The number of halogens is 1. The molecule has 0 bridgehead atoms. The van der Waals surface area contributed by atoms with Gasteiger partial charge in [-0.3, -0.25) is 0 Å². The van der Waals surface area contributed by atoms with Crippen molar-refractivity contribution in [3.8, 4) is 11.5 Å². The lowest BCUT2D eigenvalue weighted by Gasteiger charge is -1.94. The molecule has 0 N–H and O–H groups in total. The number of thioether (sulfide) groups is 1. The van der Waals surface area contributed by atoms with Crippen LogP contribution in [0.2, 0.25) is 5.02 Å². The van der Waals surface area contributed by atoms with Crippen LogP contribution >= 0.6 is 23.4 Å². The zero-order chi connectivity index (χ0) is 12.1. The van der Waals surface area contributed by atoms with Crippen LogP contribution in [0.4, 0.5) is 0 Å².